The van der Waals surface area contributed by atoms with E-state index in [9.17, 15) is 22.7 Å². The molecule has 0 fully saturated rings. The van der Waals surface area contributed by atoms with Crippen molar-refractivity contribution in [1.82, 2.24) is 25.3 Å². The third kappa shape index (κ3) is 6.68. The van der Waals surface area contributed by atoms with Gasteiger partial charge in [-0.15, -0.1) is 5.10 Å². The third-order valence-corrected chi connectivity index (χ3v) is 7.63. The highest BCUT2D eigenvalue weighted by atomic mass is 19.2. The first-order valence-corrected chi connectivity index (χ1v) is 13.7. The largest absolute Gasteiger partial charge is 0.485 e. The Morgan fingerprint density at radius 3 is 2.49 bits per heavy atom. The van der Waals surface area contributed by atoms with Gasteiger partial charge >= 0.3 is 0 Å². The molecule has 0 saturated heterocycles. The van der Waals surface area contributed by atoms with Crippen molar-refractivity contribution in [2.24, 2.45) is 5.92 Å². The van der Waals surface area contributed by atoms with E-state index in [-0.39, 0.29) is 12.0 Å². The van der Waals surface area contributed by atoms with Gasteiger partial charge in [0.1, 0.15) is 18.4 Å². The van der Waals surface area contributed by atoms with Crippen LogP contribution in [0, 0.1) is 29.2 Å². The van der Waals surface area contributed by atoms with E-state index in [0.29, 0.717) is 25.1 Å². The maximum absolute atomic E-state index is 14.1. The molecule has 2 heterocycles. The van der Waals surface area contributed by atoms with Gasteiger partial charge in [-0.05, 0) is 43.0 Å². The van der Waals surface area contributed by atoms with Gasteiger partial charge in [0.05, 0.1) is 23.3 Å². The number of aromatic nitrogens is 4. The van der Waals surface area contributed by atoms with Crippen molar-refractivity contribution in [3.63, 3.8) is 0 Å². The van der Waals surface area contributed by atoms with Gasteiger partial charge in [0.2, 0.25) is 11.6 Å². The number of benzene rings is 2. The lowest BCUT2D eigenvalue weighted by molar-refractivity contribution is 0.0481. The van der Waals surface area contributed by atoms with Crippen LogP contribution in [0.25, 0.3) is 10.9 Å². The molecule has 0 bridgehead atoms. The van der Waals surface area contributed by atoms with Gasteiger partial charge < -0.3 is 15.2 Å². The number of hydrogen-bond acceptors (Lipinski definition) is 6. The van der Waals surface area contributed by atoms with E-state index < -0.39 is 53.3 Å². The summed E-state index contributed by atoms with van der Waals surface area (Å²) >= 11 is 0. The molecule has 0 spiro atoms. The van der Waals surface area contributed by atoms with Gasteiger partial charge in [-0.25, -0.2) is 13.5 Å². The van der Waals surface area contributed by atoms with Crippen molar-refractivity contribution in [2.45, 2.75) is 71.2 Å². The quantitative estimate of drug-likeness (QED) is 0.146. The summed E-state index contributed by atoms with van der Waals surface area (Å²) in [6.45, 7) is 8.08. The lowest BCUT2D eigenvalue weighted by atomic mass is 9.85. The summed E-state index contributed by atoms with van der Waals surface area (Å²) < 4.78 is 61.9. The van der Waals surface area contributed by atoms with Crippen LogP contribution in [0.5, 0.6) is 5.75 Å². The van der Waals surface area contributed by atoms with Gasteiger partial charge in [-0.3, -0.25) is 4.98 Å². The first-order chi connectivity index (χ1) is 19.5. The van der Waals surface area contributed by atoms with Crippen molar-refractivity contribution in [3.05, 3.63) is 83.3 Å². The maximum Gasteiger partial charge on any atom is 0.203 e. The number of aliphatic hydroxyl groups excluding tert-OH is 1. The lowest BCUT2D eigenvalue weighted by Gasteiger charge is -2.33. The summed E-state index contributed by atoms with van der Waals surface area (Å²) in [7, 11) is 0. The zero-order chi connectivity index (χ0) is 29.7. The van der Waals surface area contributed by atoms with E-state index in [1.807, 2.05) is 38.1 Å². The first kappa shape index (κ1) is 30.4. The average molecular weight is 574 g/mol. The molecule has 41 heavy (non-hydrogen) atoms. The van der Waals surface area contributed by atoms with Crippen molar-refractivity contribution in [3.8, 4) is 5.75 Å². The van der Waals surface area contributed by atoms with Crippen molar-refractivity contribution >= 4 is 10.9 Å². The Bertz CT molecular complexity index is 1450. The second-order valence-corrected chi connectivity index (χ2v) is 10.7. The average Bonchev–Trinajstić information content (AvgIpc) is 3.45. The summed E-state index contributed by atoms with van der Waals surface area (Å²) in [5.41, 5.74) is 2.05. The second kappa shape index (κ2) is 12.9. The second-order valence-electron chi connectivity index (χ2n) is 10.7. The van der Waals surface area contributed by atoms with Gasteiger partial charge in [0.15, 0.2) is 17.4 Å². The number of halogens is 4. The van der Waals surface area contributed by atoms with E-state index in [1.54, 1.807) is 12.4 Å². The minimum Gasteiger partial charge on any atom is -0.485 e. The highest BCUT2D eigenvalue weighted by Gasteiger charge is 2.34. The SMILES string of the molecule is CCCC[C@@H](C(O)COc1c(F)c(F)cc(F)c1F)n1cc([C@@](C)(NCc2ccc3ncccc3c2)C(C)C)nn1. The maximum atomic E-state index is 14.1. The summed E-state index contributed by atoms with van der Waals surface area (Å²) in [6.07, 6.45) is 4.19. The Morgan fingerprint density at radius 1 is 1.07 bits per heavy atom. The van der Waals surface area contributed by atoms with E-state index in [0.717, 1.165) is 22.9 Å². The third-order valence-electron chi connectivity index (χ3n) is 7.63. The zero-order valence-electron chi connectivity index (χ0n) is 23.5. The van der Waals surface area contributed by atoms with Gasteiger partial charge in [0.25, 0.3) is 0 Å². The predicted octanol–water partition coefficient (Wildman–Crippen LogP) is 6.21. The molecule has 11 heteroatoms. The number of pyridine rings is 1. The van der Waals surface area contributed by atoms with Crippen LogP contribution in [0.4, 0.5) is 17.6 Å². The number of rotatable bonds is 13. The van der Waals surface area contributed by atoms with Crippen LogP contribution in [0.2, 0.25) is 0 Å². The number of ether oxygens (including phenoxy) is 1. The smallest absolute Gasteiger partial charge is 0.203 e. The Labute approximate surface area is 236 Å². The molecule has 0 aliphatic rings. The van der Waals surface area contributed by atoms with E-state index in [4.69, 9.17) is 4.74 Å². The number of aliphatic hydroxyl groups is 1. The van der Waals surface area contributed by atoms with Crippen LogP contribution in [-0.2, 0) is 12.1 Å². The topological polar surface area (TPSA) is 85.1 Å². The van der Waals surface area contributed by atoms with Crippen LogP contribution in [0.3, 0.4) is 0 Å². The summed E-state index contributed by atoms with van der Waals surface area (Å²) in [4.78, 5) is 4.37. The molecule has 0 amide bonds. The zero-order valence-corrected chi connectivity index (χ0v) is 23.5. The van der Waals surface area contributed by atoms with Crippen molar-refractivity contribution in [2.75, 3.05) is 6.61 Å². The van der Waals surface area contributed by atoms with Gasteiger partial charge in [0, 0.05) is 24.2 Å². The van der Waals surface area contributed by atoms with Crippen LogP contribution in [0.1, 0.15) is 64.3 Å². The summed E-state index contributed by atoms with van der Waals surface area (Å²) in [5.74, 6) is -7.60. The summed E-state index contributed by atoms with van der Waals surface area (Å²) in [5, 5.41) is 24.3. The monoisotopic (exact) mass is 573 g/mol. The summed E-state index contributed by atoms with van der Waals surface area (Å²) in [6, 6.07) is 9.43. The van der Waals surface area contributed by atoms with E-state index in [2.05, 4.69) is 40.5 Å². The molecule has 4 rings (SSSR count). The standard InChI is InChI=1S/C30H35F4N5O2/c1-5-6-9-24(25(40)17-41-29-27(33)21(31)14-22(32)28(29)34)39-16-26(37-38-39)30(4,18(2)3)36-15-19-10-11-23-20(13-19)8-7-12-35-23/h7-8,10-14,16,18,24-25,36,40H,5-6,9,15,17H2,1-4H3/t24-,25?,30-/m0/s1. The molecule has 0 aliphatic carbocycles. The van der Waals surface area contributed by atoms with Crippen LogP contribution < -0.4 is 10.1 Å². The Morgan fingerprint density at radius 2 is 1.80 bits per heavy atom. The van der Waals surface area contributed by atoms with Crippen LogP contribution in [-0.4, -0.2) is 37.8 Å². The van der Waals surface area contributed by atoms with Gasteiger partial charge in [-0.1, -0.05) is 51.0 Å². The highest BCUT2D eigenvalue weighted by Crippen LogP contribution is 2.31. The van der Waals surface area contributed by atoms with Crippen LogP contribution in [0.15, 0.2) is 48.8 Å². The molecule has 0 aliphatic heterocycles. The van der Waals surface area contributed by atoms with Crippen molar-refractivity contribution in [1.29, 1.82) is 0 Å². The molecule has 2 N–H and O–H groups in total. The molecule has 3 atom stereocenters. The molecule has 0 radical (unpaired) electrons. The minimum absolute atomic E-state index is 0.103. The van der Waals surface area contributed by atoms with E-state index in [1.165, 1.54) is 4.68 Å². The number of nitrogens with zero attached hydrogens (tertiary/aromatic N) is 4. The number of fused-ring (bicyclic) bond motifs is 1. The first-order valence-electron chi connectivity index (χ1n) is 13.7. The lowest BCUT2D eigenvalue weighted by Crippen LogP contribution is -2.44. The predicted molar refractivity (Wildman–Crippen MR) is 147 cm³/mol. The van der Waals surface area contributed by atoms with Crippen LogP contribution >= 0.6 is 0 Å². The normalized spacial score (nSPS) is 14.8. The fourth-order valence-corrected chi connectivity index (χ4v) is 4.66. The molecule has 4 aromatic rings. The molecule has 1 unspecified atom stereocenters. The number of unbranched alkanes of at least 4 members (excludes halogenated alkanes) is 1. The molecular formula is C30H35F4N5O2. The fourth-order valence-electron chi connectivity index (χ4n) is 4.66. The molecule has 7 nitrogen and oxygen atoms in total. The molecule has 2 aromatic heterocycles. The molecular weight excluding hydrogens is 538 g/mol. The highest BCUT2D eigenvalue weighted by molar-refractivity contribution is 5.78. The molecule has 0 saturated carbocycles. The number of nitrogens with one attached hydrogen (secondary N) is 1. The minimum atomic E-state index is -1.66. The van der Waals surface area contributed by atoms with E-state index >= 15 is 0 Å². The van der Waals surface area contributed by atoms with Gasteiger partial charge in [-0.2, -0.15) is 8.78 Å². The fraction of sp³-hybridized carbons (Fsp3) is 0.433. The molecule has 2 aromatic carbocycles. The van der Waals surface area contributed by atoms with Crippen molar-refractivity contribution < 1.29 is 27.4 Å². The Kier molecular flexibility index (Phi) is 9.60. The Hall–Kier alpha value is -3.57. The number of hydrogen-bond donors (Lipinski definition) is 2. The molecule has 220 valence electrons. The Balaban J connectivity index is 1.53.